The molecule has 0 spiro atoms. The van der Waals surface area contributed by atoms with Crippen LogP contribution in [0.5, 0.6) is 0 Å². The van der Waals surface area contributed by atoms with Crippen LogP contribution in [0.4, 0.5) is 17.2 Å². The minimum Gasteiger partial charge on any atom is -0.347 e. The van der Waals surface area contributed by atoms with Crippen molar-refractivity contribution in [2.75, 3.05) is 16.8 Å². The van der Waals surface area contributed by atoms with Crippen molar-refractivity contribution in [2.24, 2.45) is 0 Å². The van der Waals surface area contributed by atoms with Crippen LogP contribution in [0.3, 0.4) is 0 Å². The number of hydrogen-bond acceptors (Lipinski definition) is 3. The Morgan fingerprint density at radius 1 is 1.16 bits per heavy atom. The Labute approximate surface area is 122 Å². The van der Waals surface area contributed by atoms with Gasteiger partial charge in [-0.05, 0) is 24.3 Å². The van der Waals surface area contributed by atoms with Crippen LogP contribution >= 0.6 is 23.8 Å². The van der Waals surface area contributed by atoms with Crippen LogP contribution in [-0.4, -0.2) is 16.5 Å². The molecule has 19 heavy (non-hydrogen) atoms. The predicted octanol–water partition coefficient (Wildman–Crippen LogP) is 4.02. The third-order valence-electron chi connectivity index (χ3n) is 3.00. The molecule has 0 saturated carbocycles. The van der Waals surface area contributed by atoms with Gasteiger partial charge in [-0.3, -0.25) is 0 Å². The second-order valence-corrected chi connectivity index (χ2v) is 5.17. The Hall–Kier alpha value is -1.65. The normalized spacial score (nSPS) is 14.6. The Morgan fingerprint density at radius 2 is 1.95 bits per heavy atom. The molecule has 3 rings (SSSR count). The Morgan fingerprint density at radius 3 is 2.74 bits per heavy atom. The standard InChI is InChI=1S/C14H12ClN3S/c15-12-7-6-11-14(17-12)18(9-8-13(19)16-11)10-4-2-1-3-5-10/h1-7H,8-9H2,(H,16,19). The third kappa shape index (κ3) is 2.55. The molecule has 1 aromatic heterocycles. The smallest absolute Gasteiger partial charge is 0.158 e. The summed E-state index contributed by atoms with van der Waals surface area (Å²) < 4.78 is 0. The molecule has 0 fully saturated rings. The molecular weight excluding hydrogens is 278 g/mol. The fourth-order valence-corrected chi connectivity index (χ4v) is 2.46. The van der Waals surface area contributed by atoms with Gasteiger partial charge in [0.15, 0.2) is 5.82 Å². The number of fused-ring (bicyclic) bond motifs is 1. The molecule has 1 N–H and O–H groups in total. The van der Waals surface area contributed by atoms with Gasteiger partial charge in [-0.1, -0.05) is 42.0 Å². The molecule has 0 aliphatic carbocycles. The van der Waals surface area contributed by atoms with E-state index in [0.717, 1.165) is 35.1 Å². The van der Waals surface area contributed by atoms with Crippen molar-refractivity contribution in [1.29, 1.82) is 0 Å². The first-order valence-corrected chi connectivity index (χ1v) is 6.81. The second kappa shape index (κ2) is 5.15. The van der Waals surface area contributed by atoms with Gasteiger partial charge in [0.1, 0.15) is 5.15 Å². The molecular formula is C14H12ClN3S. The summed E-state index contributed by atoms with van der Waals surface area (Å²) in [5.41, 5.74) is 1.99. The maximum absolute atomic E-state index is 6.02. The highest BCUT2D eigenvalue weighted by molar-refractivity contribution is 7.80. The van der Waals surface area contributed by atoms with Crippen LogP contribution < -0.4 is 10.2 Å². The highest BCUT2D eigenvalue weighted by Crippen LogP contribution is 2.33. The van der Waals surface area contributed by atoms with Crippen molar-refractivity contribution in [3.63, 3.8) is 0 Å². The van der Waals surface area contributed by atoms with E-state index in [1.165, 1.54) is 0 Å². The largest absolute Gasteiger partial charge is 0.347 e. The number of thiocarbonyl (C=S) groups is 1. The molecule has 2 aromatic rings. The van der Waals surface area contributed by atoms with Gasteiger partial charge in [0, 0.05) is 18.7 Å². The van der Waals surface area contributed by atoms with E-state index >= 15 is 0 Å². The first-order valence-electron chi connectivity index (χ1n) is 6.03. The maximum Gasteiger partial charge on any atom is 0.158 e. The summed E-state index contributed by atoms with van der Waals surface area (Å²) in [7, 11) is 0. The number of hydrogen-bond donors (Lipinski definition) is 1. The van der Waals surface area contributed by atoms with Crippen LogP contribution in [0.25, 0.3) is 0 Å². The zero-order valence-corrected chi connectivity index (χ0v) is 11.7. The van der Waals surface area contributed by atoms with Crippen molar-refractivity contribution in [2.45, 2.75) is 6.42 Å². The molecule has 0 amide bonds. The number of benzene rings is 1. The van der Waals surface area contributed by atoms with Gasteiger partial charge in [0.2, 0.25) is 0 Å². The topological polar surface area (TPSA) is 28.2 Å². The summed E-state index contributed by atoms with van der Waals surface area (Å²) >= 11 is 11.3. The molecule has 0 bridgehead atoms. The number of nitrogens with one attached hydrogen (secondary N) is 1. The van der Waals surface area contributed by atoms with E-state index in [4.69, 9.17) is 23.8 Å². The molecule has 1 aromatic carbocycles. The monoisotopic (exact) mass is 289 g/mol. The Balaban J connectivity index is 2.11. The summed E-state index contributed by atoms with van der Waals surface area (Å²) in [6, 6.07) is 13.8. The fraction of sp³-hybridized carbons (Fsp3) is 0.143. The number of pyridine rings is 1. The van der Waals surface area contributed by atoms with Crippen LogP contribution in [-0.2, 0) is 0 Å². The summed E-state index contributed by atoms with van der Waals surface area (Å²) in [5, 5.41) is 3.70. The molecule has 96 valence electrons. The zero-order chi connectivity index (χ0) is 13.2. The van der Waals surface area contributed by atoms with Crippen molar-refractivity contribution < 1.29 is 0 Å². The lowest BCUT2D eigenvalue weighted by Crippen LogP contribution is -2.19. The van der Waals surface area contributed by atoms with Crippen molar-refractivity contribution >= 4 is 46.0 Å². The van der Waals surface area contributed by atoms with E-state index in [0.29, 0.717) is 5.15 Å². The number of halogens is 1. The lowest BCUT2D eigenvalue weighted by molar-refractivity contribution is 0.960. The third-order valence-corrected chi connectivity index (χ3v) is 3.52. The number of anilines is 3. The average molecular weight is 290 g/mol. The van der Waals surface area contributed by atoms with E-state index in [1.54, 1.807) is 6.07 Å². The molecule has 2 heterocycles. The summed E-state index contributed by atoms with van der Waals surface area (Å²) in [5.74, 6) is 0.818. The summed E-state index contributed by atoms with van der Waals surface area (Å²) in [6.45, 7) is 0.788. The van der Waals surface area contributed by atoms with Crippen LogP contribution in [0.2, 0.25) is 5.15 Å². The lowest BCUT2D eigenvalue weighted by Gasteiger charge is -2.23. The highest BCUT2D eigenvalue weighted by Gasteiger charge is 2.20. The minimum atomic E-state index is 0.481. The van der Waals surface area contributed by atoms with Crippen molar-refractivity contribution in [1.82, 2.24) is 4.98 Å². The van der Waals surface area contributed by atoms with E-state index < -0.39 is 0 Å². The quantitative estimate of drug-likeness (QED) is 0.634. The van der Waals surface area contributed by atoms with Gasteiger partial charge in [-0.15, -0.1) is 0 Å². The molecule has 0 saturated heterocycles. The molecule has 1 aliphatic rings. The molecule has 0 atom stereocenters. The molecule has 3 nitrogen and oxygen atoms in total. The molecule has 1 aliphatic heterocycles. The Bertz CT molecular complexity index is 615. The van der Waals surface area contributed by atoms with Gasteiger partial charge in [0.05, 0.1) is 10.7 Å². The summed E-state index contributed by atoms with van der Waals surface area (Å²) in [6.07, 6.45) is 0.790. The molecule has 0 radical (unpaired) electrons. The summed E-state index contributed by atoms with van der Waals surface area (Å²) in [4.78, 5) is 7.39. The van der Waals surface area contributed by atoms with Crippen molar-refractivity contribution in [3.8, 4) is 0 Å². The van der Waals surface area contributed by atoms with Crippen LogP contribution in [0.15, 0.2) is 42.5 Å². The first-order chi connectivity index (χ1) is 9.24. The van der Waals surface area contributed by atoms with Gasteiger partial charge in [0.25, 0.3) is 0 Å². The number of aromatic nitrogens is 1. The predicted molar refractivity (Wildman–Crippen MR) is 83.5 cm³/mol. The average Bonchev–Trinajstić information content (AvgIpc) is 2.58. The van der Waals surface area contributed by atoms with E-state index in [9.17, 15) is 0 Å². The Kier molecular flexibility index (Phi) is 3.36. The van der Waals surface area contributed by atoms with E-state index in [-0.39, 0.29) is 0 Å². The highest BCUT2D eigenvalue weighted by atomic mass is 35.5. The SMILES string of the molecule is S=C1CCN(c2ccccc2)c2nc(Cl)ccc2N1. The van der Waals surface area contributed by atoms with Gasteiger partial charge < -0.3 is 10.2 Å². The van der Waals surface area contributed by atoms with E-state index in [1.807, 2.05) is 24.3 Å². The zero-order valence-electron chi connectivity index (χ0n) is 10.1. The second-order valence-electron chi connectivity index (χ2n) is 4.29. The first kappa shape index (κ1) is 12.4. The number of rotatable bonds is 1. The number of para-hydroxylation sites is 1. The molecule has 0 unspecified atom stereocenters. The minimum absolute atomic E-state index is 0.481. The fourth-order valence-electron chi connectivity index (χ4n) is 2.12. The molecule has 5 heteroatoms. The number of nitrogens with zero attached hydrogens (tertiary/aromatic N) is 2. The van der Waals surface area contributed by atoms with Gasteiger partial charge in [-0.2, -0.15) is 0 Å². The maximum atomic E-state index is 6.02. The van der Waals surface area contributed by atoms with Gasteiger partial charge >= 0.3 is 0 Å². The van der Waals surface area contributed by atoms with E-state index in [2.05, 4.69) is 27.3 Å². The lowest BCUT2D eigenvalue weighted by atomic mass is 10.2. The van der Waals surface area contributed by atoms with Gasteiger partial charge in [-0.25, -0.2) is 4.98 Å². The van der Waals surface area contributed by atoms with Crippen LogP contribution in [0, 0.1) is 0 Å². The van der Waals surface area contributed by atoms with Crippen molar-refractivity contribution in [3.05, 3.63) is 47.6 Å². The van der Waals surface area contributed by atoms with Crippen LogP contribution in [0.1, 0.15) is 6.42 Å².